The molecule has 0 unspecified atom stereocenters. The van der Waals surface area contributed by atoms with Crippen molar-refractivity contribution in [3.05, 3.63) is 52.0 Å². The van der Waals surface area contributed by atoms with Crippen molar-refractivity contribution >= 4 is 44.8 Å². The number of hydrogen-bond donors (Lipinski definition) is 1. The number of sulfonamides is 1. The number of nitrogens with zero attached hydrogens (tertiary/aromatic N) is 1. The SMILES string of the molecule is CC[C@@H](C(=O)NCCOc1ccc(C)c(Cl)c1)N(c1ccc(OC)c(Cl)c1)S(C)(=O)=O. The lowest BCUT2D eigenvalue weighted by atomic mass is 10.2. The molecule has 0 aromatic heterocycles. The molecule has 0 spiro atoms. The Labute approximate surface area is 193 Å². The molecule has 10 heteroatoms. The Hall–Kier alpha value is -2.16. The lowest BCUT2D eigenvalue weighted by molar-refractivity contribution is -0.122. The molecule has 1 N–H and O–H groups in total. The van der Waals surface area contributed by atoms with Crippen LogP contribution in [0.15, 0.2) is 36.4 Å². The van der Waals surface area contributed by atoms with Crippen LogP contribution in [0.3, 0.4) is 0 Å². The van der Waals surface area contributed by atoms with Gasteiger partial charge in [-0.15, -0.1) is 0 Å². The average molecular weight is 489 g/mol. The summed E-state index contributed by atoms with van der Waals surface area (Å²) in [6.45, 7) is 4.02. The van der Waals surface area contributed by atoms with E-state index in [0.717, 1.165) is 16.1 Å². The molecule has 7 nitrogen and oxygen atoms in total. The normalized spacial score (nSPS) is 12.2. The maximum absolute atomic E-state index is 12.8. The molecule has 2 aromatic rings. The Kier molecular flexibility index (Phi) is 8.85. The van der Waals surface area contributed by atoms with E-state index in [-0.39, 0.29) is 30.3 Å². The molecule has 2 rings (SSSR count). The van der Waals surface area contributed by atoms with E-state index >= 15 is 0 Å². The summed E-state index contributed by atoms with van der Waals surface area (Å²) in [5.41, 5.74) is 1.22. The van der Waals surface area contributed by atoms with Crippen molar-refractivity contribution in [1.82, 2.24) is 5.32 Å². The summed E-state index contributed by atoms with van der Waals surface area (Å²) in [6, 6.07) is 8.94. The third-order valence-corrected chi connectivity index (χ3v) is 6.42. The predicted octanol–water partition coefficient (Wildman–Crippen LogP) is 4.05. The molecule has 0 bridgehead atoms. The minimum Gasteiger partial charge on any atom is -0.495 e. The van der Waals surface area contributed by atoms with E-state index in [2.05, 4.69) is 5.32 Å². The molecule has 0 fully saturated rings. The number of carbonyl (C=O) groups is 1. The van der Waals surface area contributed by atoms with Crippen molar-refractivity contribution in [3.8, 4) is 11.5 Å². The van der Waals surface area contributed by atoms with Gasteiger partial charge < -0.3 is 14.8 Å². The maximum atomic E-state index is 12.8. The largest absolute Gasteiger partial charge is 0.495 e. The lowest BCUT2D eigenvalue weighted by Gasteiger charge is -2.30. The number of methoxy groups -OCH3 is 1. The molecule has 0 saturated carbocycles. The zero-order valence-corrected chi connectivity index (χ0v) is 20.1. The molecule has 0 aliphatic heterocycles. The van der Waals surface area contributed by atoms with Crippen molar-refractivity contribution in [1.29, 1.82) is 0 Å². The van der Waals surface area contributed by atoms with Gasteiger partial charge in [0.05, 0.1) is 30.6 Å². The van der Waals surface area contributed by atoms with Gasteiger partial charge in [-0.25, -0.2) is 8.42 Å². The topological polar surface area (TPSA) is 84.9 Å². The summed E-state index contributed by atoms with van der Waals surface area (Å²) in [4.78, 5) is 12.8. The van der Waals surface area contributed by atoms with Gasteiger partial charge in [-0.1, -0.05) is 36.2 Å². The summed E-state index contributed by atoms with van der Waals surface area (Å²) in [7, 11) is -2.30. The fraction of sp³-hybridized carbons (Fsp3) is 0.381. The van der Waals surface area contributed by atoms with Gasteiger partial charge in [0.15, 0.2) is 0 Å². The van der Waals surface area contributed by atoms with Crippen molar-refractivity contribution in [2.75, 3.05) is 30.8 Å². The van der Waals surface area contributed by atoms with E-state index in [4.69, 9.17) is 32.7 Å². The highest BCUT2D eigenvalue weighted by molar-refractivity contribution is 7.92. The minimum absolute atomic E-state index is 0.196. The van der Waals surface area contributed by atoms with Crippen LogP contribution in [-0.4, -0.2) is 46.9 Å². The van der Waals surface area contributed by atoms with Crippen molar-refractivity contribution < 1.29 is 22.7 Å². The number of benzene rings is 2. The molecular weight excluding hydrogens is 463 g/mol. The molecule has 31 heavy (non-hydrogen) atoms. The zero-order chi connectivity index (χ0) is 23.2. The van der Waals surface area contributed by atoms with Crippen LogP contribution in [0, 0.1) is 6.92 Å². The molecule has 0 saturated heterocycles. The standard InChI is InChI=1S/C21H26Cl2N2O5S/c1-5-19(21(26)24-10-11-30-16-8-6-14(2)17(22)13-16)25(31(4,27)28)15-7-9-20(29-3)18(23)12-15/h6-9,12-13,19H,5,10-11H2,1-4H3,(H,24,26)/t19-/m0/s1. The Bertz CT molecular complexity index is 1030. The van der Waals surface area contributed by atoms with Crippen LogP contribution in [0.4, 0.5) is 5.69 Å². The second kappa shape index (κ2) is 10.9. The molecule has 0 radical (unpaired) electrons. The van der Waals surface area contributed by atoms with E-state index < -0.39 is 22.0 Å². The van der Waals surface area contributed by atoms with Gasteiger partial charge in [-0.3, -0.25) is 9.10 Å². The minimum atomic E-state index is -3.77. The van der Waals surface area contributed by atoms with Crippen LogP contribution < -0.4 is 19.1 Å². The fourth-order valence-electron chi connectivity index (χ4n) is 2.98. The highest BCUT2D eigenvalue weighted by Crippen LogP contribution is 2.31. The van der Waals surface area contributed by atoms with Gasteiger partial charge in [0.2, 0.25) is 15.9 Å². The smallest absolute Gasteiger partial charge is 0.244 e. The zero-order valence-electron chi connectivity index (χ0n) is 17.8. The average Bonchev–Trinajstić information content (AvgIpc) is 2.70. The number of rotatable bonds is 10. The molecule has 2 aromatic carbocycles. The molecule has 1 amide bonds. The molecule has 1 atom stereocenters. The highest BCUT2D eigenvalue weighted by Gasteiger charge is 2.31. The number of amides is 1. The molecule has 170 valence electrons. The molecule has 0 heterocycles. The number of nitrogens with one attached hydrogen (secondary N) is 1. The first kappa shape index (κ1) is 25.1. The Morgan fingerprint density at radius 3 is 2.42 bits per heavy atom. The number of aryl methyl sites for hydroxylation is 1. The van der Waals surface area contributed by atoms with Crippen molar-refractivity contribution in [2.45, 2.75) is 26.3 Å². The van der Waals surface area contributed by atoms with Crippen LogP contribution >= 0.6 is 23.2 Å². The second-order valence-electron chi connectivity index (χ2n) is 6.85. The maximum Gasteiger partial charge on any atom is 0.244 e. The quantitative estimate of drug-likeness (QED) is 0.509. The van der Waals surface area contributed by atoms with E-state index in [0.29, 0.717) is 16.5 Å². The van der Waals surface area contributed by atoms with Gasteiger partial charge in [0, 0.05) is 5.02 Å². The third-order valence-electron chi connectivity index (χ3n) is 4.53. The first-order chi connectivity index (χ1) is 14.6. The molecular formula is C21H26Cl2N2O5S. The van der Waals surface area contributed by atoms with E-state index in [1.165, 1.54) is 13.2 Å². The van der Waals surface area contributed by atoms with Crippen molar-refractivity contribution in [3.63, 3.8) is 0 Å². The number of hydrogen-bond acceptors (Lipinski definition) is 5. The molecule has 0 aliphatic carbocycles. The van der Waals surface area contributed by atoms with Gasteiger partial charge in [0.25, 0.3) is 0 Å². The Morgan fingerprint density at radius 2 is 1.87 bits per heavy atom. The summed E-state index contributed by atoms with van der Waals surface area (Å²) < 4.78 is 36.8. The molecule has 0 aliphatic rings. The van der Waals surface area contributed by atoms with Gasteiger partial charge in [0.1, 0.15) is 24.1 Å². The van der Waals surface area contributed by atoms with Crippen LogP contribution in [0.2, 0.25) is 10.0 Å². The van der Waals surface area contributed by atoms with Crippen LogP contribution in [0.5, 0.6) is 11.5 Å². The van der Waals surface area contributed by atoms with Gasteiger partial charge >= 0.3 is 0 Å². The van der Waals surface area contributed by atoms with Gasteiger partial charge in [-0.05, 0) is 49.2 Å². The monoisotopic (exact) mass is 488 g/mol. The predicted molar refractivity (Wildman–Crippen MR) is 124 cm³/mol. The Morgan fingerprint density at radius 1 is 1.16 bits per heavy atom. The summed E-state index contributed by atoms with van der Waals surface area (Å²) in [6.07, 6.45) is 1.31. The Balaban J connectivity index is 2.09. The van der Waals surface area contributed by atoms with Crippen LogP contribution in [0.25, 0.3) is 0 Å². The first-order valence-electron chi connectivity index (χ1n) is 9.58. The van der Waals surface area contributed by atoms with Crippen LogP contribution in [0.1, 0.15) is 18.9 Å². The van der Waals surface area contributed by atoms with Crippen molar-refractivity contribution in [2.24, 2.45) is 0 Å². The third kappa shape index (κ3) is 6.66. The van der Waals surface area contributed by atoms with Gasteiger partial charge in [-0.2, -0.15) is 0 Å². The van der Waals surface area contributed by atoms with E-state index in [1.807, 2.05) is 13.0 Å². The fourth-order valence-corrected chi connectivity index (χ4v) is 4.60. The highest BCUT2D eigenvalue weighted by atomic mass is 35.5. The number of anilines is 1. The second-order valence-corrected chi connectivity index (χ2v) is 9.53. The first-order valence-corrected chi connectivity index (χ1v) is 12.2. The number of ether oxygens (including phenoxy) is 2. The number of halogens is 2. The lowest BCUT2D eigenvalue weighted by Crippen LogP contribution is -2.50. The van der Waals surface area contributed by atoms with E-state index in [1.54, 1.807) is 31.2 Å². The van der Waals surface area contributed by atoms with Crippen LogP contribution in [-0.2, 0) is 14.8 Å². The summed E-state index contributed by atoms with van der Waals surface area (Å²) in [5, 5.41) is 3.57. The summed E-state index contributed by atoms with van der Waals surface area (Å²) >= 11 is 12.2. The summed E-state index contributed by atoms with van der Waals surface area (Å²) in [5.74, 6) is 0.553. The number of carbonyl (C=O) groups excluding carboxylic acids is 1. The van der Waals surface area contributed by atoms with E-state index in [9.17, 15) is 13.2 Å².